The number of anilines is 1. The van der Waals surface area contributed by atoms with E-state index in [2.05, 4.69) is 10.3 Å². The van der Waals surface area contributed by atoms with E-state index in [0.29, 0.717) is 5.56 Å². The molecule has 1 aromatic carbocycles. The number of amides is 1. The highest BCUT2D eigenvalue weighted by Crippen LogP contribution is 2.26. The van der Waals surface area contributed by atoms with Gasteiger partial charge >= 0.3 is 5.51 Å². The average molecular weight is 328 g/mol. The van der Waals surface area contributed by atoms with Gasteiger partial charge in [-0.15, -0.1) is 0 Å². The summed E-state index contributed by atoms with van der Waals surface area (Å²) in [4.78, 5) is 15.2. The molecule has 0 aliphatic rings. The van der Waals surface area contributed by atoms with Crippen LogP contribution in [0, 0.1) is 6.92 Å². The molecular weight excluding hydrogens is 317 g/mol. The van der Waals surface area contributed by atoms with Crippen molar-refractivity contribution >= 4 is 22.5 Å². The Kier molecular flexibility index (Phi) is 4.60. The van der Waals surface area contributed by atoms with Gasteiger partial charge in [-0.25, -0.2) is 9.19 Å². The lowest BCUT2D eigenvalue weighted by Crippen LogP contribution is -2.17. The number of halogens is 3. The molecule has 116 valence electrons. The van der Waals surface area contributed by atoms with E-state index in [1.165, 1.54) is 6.07 Å². The third kappa shape index (κ3) is 3.70. The number of pyridine rings is 1. The van der Waals surface area contributed by atoms with Crippen molar-refractivity contribution in [1.82, 2.24) is 4.98 Å². The van der Waals surface area contributed by atoms with Crippen LogP contribution in [0.25, 0.3) is 0 Å². The number of aromatic nitrogens is 1. The van der Waals surface area contributed by atoms with Crippen LogP contribution in [0.5, 0.6) is 0 Å². The van der Waals surface area contributed by atoms with E-state index in [9.17, 15) is 22.2 Å². The highest BCUT2D eigenvalue weighted by molar-refractivity contribution is 7.86. The molecule has 1 aromatic heterocycles. The average Bonchev–Trinajstić information content (AvgIpc) is 2.46. The van der Waals surface area contributed by atoms with E-state index < -0.39 is 27.1 Å². The fourth-order valence-corrected chi connectivity index (χ4v) is 2.32. The van der Waals surface area contributed by atoms with E-state index >= 15 is 0 Å². The zero-order valence-corrected chi connectivity index (χ0v) is 12.2. The standard InChI is InChI=1S/C14H11F3N2O2S/c1-9-4-2-3-5-11(9)13(20)19-12-7-6-10(8-18-12)22(21)14(15,16)17/h2-8H,1H3,(H,18,19,20). The summed E-state index contributed by atoms with van der Waals surface area (Å²) < 4.78 is 48.1. The minimum Gasteiger partial charge on any atom is -0.307 e. The molecule has 0 fully saturated rings. The van der Waals surface area contributed by atoms with Gasteiger partial charge in [0, 0.05) is 11.8 Å². The Morgan fingerprint density at radius 1 is 1.18 bits per heavy atom. The summed E-state index contributed by atoms with van der Waals surface area (Å²) in [5, 5.41) is 2.47. The van der Waals surface area contributed by atoms with Crippen molar-refractivity contribution in [2.75, 3.05) is 5.32 Å². The topological polar surface area (TPSA) is 59.1 Å². The number of carbonyl (C=O) groups is 1. The van der Waals surface area contributed by atoms with Gasteiger partial charge in [0.15, 0.2) is 10.8 Å². The van der Waals surface area contributed by atoms with E-state index in [1.807, 2.05) is 0 Å². The number of hydrogen-bond donors (Lipinski definition) is 1. The van der Waals surface area contributed by atoms with Gasteiger partial charge < -0.3 is 5.32 Å². The summed E-state index contributed by atoms with van der Waals surface area (Å²) >= 11 is 0. The first-order valence-corrected chi connectivity index (χ1v) is 7.25. The summed E-state index contributed by atoms with van der Waals surface area (Å²) in [6.45, 7) is 1.76. The second kappa shape index (κ2) is 6.27. The first-order chi connectivity index (χ1) is 10.3. The van der Waals surface area contributed by atoms with Gasteiger partial charge in [-0.3, -0.25) is 4.79 Å². The number of nitrogens with zero attached hydrogens (tertiary/aromatic N) is 1. The summed E-state index contributed by atoms with van der Waals surface area (Å²) in [6, 6.07) is 9.06. The molecule has 22 heavy (non-hydrogen) atoms. The molecule has 0 aliphatic carbocycles. The minimum absolute atomic E-state index is 0.0798. The van der Waals surface area contributed by atoms with Gasteiger partial charge in [0.05, 0.1) is 4.90 Å². The Labute approximate surface area is 126 Å². The molecule has 1 heterocycles. The van der Waals surface area contributed by atoms with Crippen molar-refractivity contribution in [3.63, 3.8) is 0 Å². The molecule has 1 amide bonds. The summed E-state index contributed by atoms with van der Waals surface area (Å²) in [5.41, 5.74) is -3.64. The molecule has 0 aliphatic heterocycles. The molecule has 4 nitrogen and oxygen atoms in total. The number of rotatable bonds is 3. The first kappa shape index (κ1) is 16.2. The fraction of sp³-hybridized carbons (Fsp3) is 0.143. The summed E-state index contributed by atoms with van der Waals surface area (Å²) in [6.07, 6.45) is 0.830. The minimum atomic E-state index is -4.84. The Bertz CT molecular complexity index is 715. The van der Waals surface area contributed by atoms with Crippen LogP contribution in [-0.4, -0.2) is 20.6 Å². The van der Waals surface area contributed by atoms with Crippen LogP contribution in [0.15, 0.2) is 47.5 Å². The first-order valence-electron chi connectivity index (χ1n) is 6.10. The maximum absolute atomic E-state index is 12.3. The van der Waals surface area contributed by atoms with Crippen molar-refractivity contribution in [2.45, 2.75) is 17.3 Å². The molecule has 1 unspecified atom stereocenters. The SMILES string of the molecule is Cc1ccccc1C(=O)Nc1ccc(S(=O)C(F)(F)F)cn1. The zero-order chi connectivity index (χ0) is 16.3. The van der Waals surface area contributed by atoms with Crippen LogP contribution in [0.1, 0.15) is 15.9 Å². The molecule has 0 spiro atoms. The number of aryl methyl sites for hydroxylation is 1. The van der Waals surface area contributed by atoms with E-state index in [4.69, 9.17) is 0 Å². The number of benzene rings is 1. The van der Waals surface area contributed by atoms with Crippen LogP contribution in [-0.2, 0) is 10.8 Å². The van der Waals surface area contributed by atoms with E-state index in [0.717, 1.165) is 17.8 Å². The lowest BCUT2D eigenvalue weighted by molar-refractivity contribution is -0.0384. The van der Waals surface area contributed by atoms with Crippen molar-refractivity contribution < 1.29 is 22.2 Å². The Morgan fingerprint density at radius 3 is 2.41 bits per heavy atom. The third-order valence-electron chi connectivity index (χ3n) is 2.79. The maximum Gasteiger partial charge on any atom is 0.475 e. The number of alkyl halides is 3. The molecule has 2 rings (SSSR count). The molecule has 2 aromatic rings. The van der Waals surface area contributed by atoms with Crippen LogP contribution < -0.4 is 5.32 Å². The molecule has 0 saturated carbocycles. The predicted octanol–water partition coefficient (Wildman–Crippen LogP) is 3.27. The Morgan fingerprint density at radius 2 is 1.86 bits per heavy atom. The van der Waals surface area contributed by atoms with Crippen molar-refractivity contribution in [3.8, 4) is 0 Å². The predicted molar refractivity (Wildman–Crippen MR) is 75.8 cm³/mol. The highest BCUT2D eigenvalue weighted by Gasteiger charge is 2.38. The molecule has 1 atom stereocenters. The molecule has 0 saturated heterocycles. The van der Waals surface area contributed by atoms with Gasteiger partial charge in [-0.1, -0.05) is 18.2 Å². The van der Waals surface area contributed by atoms with Gasteiger partial charge in [-0.05, 0) is 30.7 Å². The van der Waals surface area contributed by atoms with Gasteiger partial charge in [0.25, 0.3) is 5.91 Å². The monoisotopic (exact) mass is 328 g/mol. The van der Waals surface area contributed by atoms with E-state index in [-0.39, 0.29) is 5.82 Å². The van der Waals surface area contributed by atoms with Crippen LogP contribution in [0.3, 0.4) is 0 Å². The third-order valence-corrected chi connectivity index (χ3v) is 3.88. The zero-order valence-electron chi connectivity index (χ0n) is 11.3. The highest BCUT2D eigenvalue weighted by atomic mass is 32.2. The van der Waals surface area contributed by atoms with Gasteiger partial charge in [0.1, 0.15) is 5.82 Å². The molecule has 0 radical (unpaired) electrons. The van der Waals surface area contributed by atoms with Crippen LogP contribution in [0.4, 0.5) is 19.0 Å². The van der Waals surface area contributed by atoms with Crippen molar-refractivity contribution in [2.24, 2.45) is 0 Å². The fourth-order valence-electron chi connectivity index (χ4n) is 1.71. The second-order valence-electron chi connectivity index (χ2n) is 4.36. The van der Waals surface area contributed by atoms with Crippen molar-refractivity contribution in [3.05, 3.63) is 53.7 Å². The summed E-state index contributed by atoms with van der Waals surface area (Å²) in [7, 11) is -3.14. The normalized spacial score (nSPS) is 12.7. The molecule has 1 N–H and O–H groups in total. The van der Waals surface area contributed by atoms with Crippen LogP contribution >= 0.6 is 0 Å². The quantitative estimate of drug-likeness (QED) is 0.941. The molecule has 8 heteroatoms. The number of carbonyl (C=O) groups excluding carboxylic acids is 1. The summed E-state index contributed by atoms with van der Waals surface area (Å²) in [5.74, 6) is -0.341. The Balaban J connectivity index is 2.14. The van der Waals surface area contributed by atoms with Gasteiger partial charge in [-0.2, -0.15) is 13.2 Å². The lowest BCUT2D eigenvalue weighted by atomic mass is 10.1. The van der Waals surface area contributed by atoms with Gasteiger partial charge in [0.2, 0.25) is 0 Å². The Hall–Kier alpha value is -2.22. The molecular formula is C14H11F3N2O2S. The number of hydrogen-bond acceptors (Lipinski definition) is 3. The van der Waals surface area contributed by atoms with Crippen LogP contribution in [0.2, 0.25) is 0 Å². The largest absolute Gasteiger partial charge is 0.475 e. The smallest absolute Gasteiger partial charge is 0.307 e. The van der Waals surface area contributed by atoms with Crippen molar-refractivity contribution in [1.29, 1.82) is 0 Å². The number of nitrogens with one attached hydrogen (secondary N) is 1. The molecule has 0 bridgehead atoms. The second-order valence-corrected chi connectivity index (χ2v) is 5.83. The van der Waals surface area contributed by atoms with E-state index in [1.54, 1.807) is 31.2 Å². The lowest BCUT2D eigenvalue weighted by Gasteiger charge is -2.08. The maximum atomic E-state index is 12.3.